The average molecular weight is 721 g/mol. The number of hydrogen-bond acceptors (Lipinski definition) is 13. The number of carbonyl (C=O) groups is 1. The third-order valence-corrected chi connectivity index (χ3v) is 10.7. The molecule has 2 aliphatic rings. The van der Waals surface area contributed by atoms with E-state index in [-0.39, 0.29) is 24.5 Å². The first-order valence-corrected chi connectivity index (χ1v) is 17.7. The smallest absolute Gasteiger partial charge is 0.407 e. The van der Waals surface area contributed by atoms with Gasteiger partial charge in [0.1, 0.15) is 39.6 Å². The third-order valence-electron chi connectivity index (χ3n) is 8.63. The number of rotatable bonds is 9. The minimum Gasteiger partial charge on any atom is -0.444 e. The molecule has 12 nitrogen and oxygen atoms in total. The number of fused-ring (bicyclic) bond motifs is 2. The zero-order valence-electron chi connectivity index (χ0n) is 28.9. The molecule has 0 radical (unpaired) electrons. The van der Waals surface area contributed by atoms with Gasteiger partial charge in [0.05, 0.1) is 24.0 Å². The van der Waals surface area contributed by atoms with Gasteiger partial charge in [-0.3, -0.25) is 0 Å². The van der Waals surface area contributed by atoms with Gasteiger partial charge >= 0.3 is 6.09 Å². The summed E-state index contributed by atoms with van der Waals surface area (Å²) in [5.74, 6) is 1.94. The van der Waals surface area contributed by atoms with Crippen LogP contribution in [0.3, 0.4) is 0 Å². The summed E-state index contributed by atoms with van der Waals surface area (Å²) in [7, 11) is 7.58. The second-order valence-corrected chi connectivity index (χ2v) is 15.6. The number of alkyl carbamates (subject to hydrolysis) is 1. The number of nitrogens with zero attached hydrogens (tertiary/aromatic N) is 6. The highest BCUT2D eigenvalue weighted by atomic mass is 35.5. The van der Waals surface area contributed by atoms with E-state index in [2.05, 4.69) is 61.3 Å². The molecule has 0 spiro atoms. The number of aromatic nitrogens is 4. The molecule has 4 atom stereocenters. The van der Waals surface area contributed by atoms with Crippen molar-refractivity contribution >= 4 is 73.2 Å². The van der Waals surface area contributed by atoms with Gasteiger partial charge in [0.25, 0.3) is 0 Å². The molecule has 48 heavy (non-hydrogen) atoms. The summed E-state index contributed by atoms with van der Waals surface area (Å²) in [6.07, 6.45) is 9.00. The van der Waals surface area contributed by atoms with Crippen LogP contribution in [0.4, 0.5) is 16.4 Å². The van der Waals surface area contributed by atoms with Crippen molar-refractivity contribution < 1.29 is 19.0 Å². The minimum atomic E-state index is -0.482. The van der Waals surface area contributed by atoms with Crippen LogP contribution < -0.4 is 20.9 Å². The van der Waals surface area contributed by atoms with E-state index in [0.29, 0.717) is 31.3 Å². The molecule has 2 aliphatic carbocycles. The van der Waals surface area contributed by atoms with Gasteiger partial charge in [-0.2, -0.15) is 0 Å². The second-order valence-electron chi connectivity index (χ2n) is 13.4. The van der Waals surface area contributed by atoms with E-state index in [1.54, 1.807) is 49.5 Å². The van der Waals surface area contributed by atoms with Crippen molar-refractivity contribution in [2.75, 3.05) is 38.1 Å². The van der Waals surface area contributed by atoms with Gasteiger partial charge in [0.2, 0.25) is 0 Å². The molecule has 264 valence electrons. The van der Waals surface area contributed by atoms with E-state index >= 15 is 0 Å². The lowest BCUT2D eigenvalue weighted by Crippen LogP contribution is -2.39. The van der Waals surface area contributed by atoms with Gasteiger partial charge in [0.15, 0.2) is 0 Å². The largest absolute Gasteiger partial charge is 0.444 e. The molecule has 6 rings (SSSR count). The lowest BCUT2D eigenvalue weighted by Gasteiger charge is -2.26. The molecule has 3 N–H and O–H groups in total. The average Bonchev–Trinajstić information content (AvgIpc) is 3.82. The Balaban J connectivity index is 0.000000221. The maximum absolute atomic E-state index is 12.0. The summed E-state index contributed by atoms with van der Waals surface area (Å²) >= 11 is 3.30. The Kier molecular flexibility index (Phi) is 13.2. The van der Waals surface area contributed by atoms with E-state index in [4.69, 9.17) is 19.9 Å². The number of nitrogens with one attached hydrogen (secondary N) is 1. The molecular weight excluding hydrogens is 672 g/mol. The van der Waals surface area contributed by atoms with Crippen LogP contribution in [0.1, 0.15) is 69.1 Å². The third kappa shape index (κ3) is 9.42. The normalized spacial score (nSPS) is 20.7. The van der Waals surface area contributed by atoms with Gasteiger partial charge in [-0.1, -0.05) is 0 Å². The monoisotopic (exact) mass is 720 g/mol. The maximum Gasteiger partial charge on any atom is 0.407 e. The number of carbonyl (C=O) groups excluding carboxylic acids is 1. The standard InChI is InChI=1S/C19H28N4O3S.C14H20N4OS.ClH/c1-19(2,3)26-18(24)22-12-6-7-13(8-12)23(4)16-15-9-14(10-25-5)27-17(15)21-11-20-16;1-18(10-4-3-9(15)5-10)13-12-6-11(7-19-2)20-14(12)17-8-16-13;/h9,11-13H,6-8,10H2,1-5H3,(H,22,24);6,8-10H,3-5,7,15H2,1-2H3;1H/t12-,13+;9-,10+;/m00./s1. The predicted octanol–water partition coefficient (Wildman–Crippen LogP) is 6.30. The number of hydrogen-bond donors (Lipinski definition) is 2. The summed E-state index contributed by atoms with van der Waals surface area (Å²) in [4.78, 5) is 38.6. The summed E-state index contributed by atoms with van der Waals surface area (Å²) in [6.45, 7) is 6.82. The molecule has 4 aromatic heterocycles. The number of nitrogens with two attached hydrogens (primary N) is 1. The summed E-state index contributed by atoms with van der Waals surface area (Å²) in [5.41, 5.74) is 5.54. The molecule has 4 heterocycles. The van der Waals surface area contributed by atoms with Crippen LogP contribution >= 0.6 is 35.1 Å². The Bertz CT molecular complexity index is 1650. The highest BCUT2D eigenvalue weighted by Gasteiger charge is 2.31. The van der Waals surface area contributed by atoms with Crippen molar-refractivity contribution in [3.05, 3.63) is 34.5 Å². The molecule has 1 amide bonds. The van der Waals surface area contributed by atoms with Gasteiger partial charge in [-0.25, -0.2) is 24.7 Å². The van der Waals surface area contributed by atoms with Crippen molar-refractivity contribution in [2.24, 2.45) is 5.73 Å². The number of methoxy groups -OCH3 is 2. The Morgan fingerprint density at radius 3 is 1.81 bits per heavy atom. The number of amides is 1. The number of ether oxygens (including phenoxy) is 3. The molecule has 0 aliphatic heterocycles. The zero-order chi connectivity index (χ0) is 33.7. The van der Waals surface area contributed by atoms with Crippen LogP contribution in [-0.2, 0) is 27.4 Å². The van der Waals surface area contributed by atoms with Crippen LogP contribution in [0, 0.1) is 0 Å². The van der Waals surface area contributed by atoms with Crippen LogP contribution in [0.25, 0.3) is 20.4 Å². The topological polar surface area (TPSA) is 141 Å². The number of halogens is 1. The second kappa shape index (κ2) is 16.7. The van der Waals surface area contributed by atoms with Crippen molar-refractivity contribution in [1.82, 2.24) is 25.3 Å². The minimum absolute atomic E-state index is 0. The molecule has 15 heteroatoms. The van der Waals surface area contributed by atoms with Crippen molar-refractivity contribution in [3.63, 3.8) is 0 Å². The number of thiophene rings is 2. The summed E-state index contributed by atoms with van der Waals surface area (Å²) in [6, 6.07) is 5.50. The van der Waals surface area contributed by atoms with E-state index < -0.39 is 5.60 Å². The zero-order valence-corrected chi connectivity index (χ0v) is 31.3. The quantitative estimate of drug-likeness (QED) is 0.201. The summed E-state index contributed by atoms with van der Waals surface area (Å²) < 4.78 is 15.8. The molecule has 2 fully saturated rings. The fraction of sp³-hybridized carbons (Fsp3) is 0.606. The van der Waals surface area contributed by atoms with Gasteiger partial charge in [-0.15, -0.1) is 35.1 Å². The SMILES string of the molecule is COCc1cc2c(N(C)[C@@H]3CC[C@H](N)C3)ncnc2s1.COCc1cc2c(N(C)[C@@H]3CC[C@H](NC(=O)OC(C)(C)C)C3)ncnc2s1.Cl. The first-order chi connectivity index (χ1) is 22.5. The van der Waals surface area contributed by atoms with Crippen molar-refractivity contribution in [2.45, 2.75) is 102 Å². The lowest BCUT2D eigenvalue weighted by atomic mass is 10.2. The summed E-state index contributed by atoms with van der Waals surface area (Å²) in [5, 5.41) is 5.17. The molecule has 2 saturated carbocycles. The van der Waals surface area contributed by atoms with Crippen LogP contribution in [-0.4, -0.2) is 84.1 Å². The highest BCUT2D eigenvalue weighted by Crippen LogP contribution is 2.35. The molecule has 0 saturated heterocycles. The van der Waals surface area contributed by atoms with E-state index in [1.165, 1.54) is 4.88 Å². The van der Waals surface area contributed by atoms with Gasteiger partial charge < -0.3 is 35.1 Å². The molecule has 4 aromatic rings. The van der Waals surface area contributed by atoms with Crippen LogP contribution in [0.2, 0.25) is 0 Å². The molecule has 0 aromatic carbocycles. The molecular formula is C33H49ClN8O4S2. The first kappa shape index (κ1) is 37.9. The lowest BCUT2D eigenvalue weighted by molar-refractivity contribution is 0.0505. The Morgan fingerprint density at radius 1 is 0.854 bits per heavy atom. The Morgan fingerprint density at radius 2 is 1.35 bits per heavy atom. The van der Waals surface area contributed by atoms with E-state index in [1.807, 2.05) is 20.8 Å². The fourth-order valence-electron chi connectivity index (χ4n) is 6.38. The maximum atomic E-state index is 12.0. The van der Waals surface area contributed by atoms with E-state index in [9.17, 15) is 4.79 Å². The molecule has 0 unspecified atom stereocenters. The highest BCUT2D eigenvalue weighted by molar-refractivity contribution is 7.19. The van der Waals surface area contributed by atoms with Crippen molar-refractivity contribution in [1.29, 1.82) is 0 Å². The number of anilines is 2. The molecule has 0 bridgehead atoms. The predicted molar refractivity (Wildman–Crippen MR) is 197 cm³/mol. The van der Waals surface area contributed by atoms with Crippen LogP contribution in [0.5, 0.6) is 0 Å². The Hall–Kier alpha value is -2.88. The first-order valence-electron chi connectivity index (χ1n) is 16.1. The van der Waals surface area contributed by atoms with Gasteiger partial charge in [-0.05, 0) is 71.4 Å². The fourth-order valence-corrected chi connectivity index (χ4v) is 8.30. The Labute approximate surface area is 297 Å². The van der Waals surface area contributed by atoms with E-state index in [0.717, 1.165) is 75.5 Å². The van der Waals surface area contributed by atoms with Crippen molar-refractivity contribution in [3.8, 4) is 0 Å². The van der Waals surface area contributed by atoms with Crippen LogP contribution in [0.15, 0.2) is 24.8 Å². The van der Waals surface area contributed by atoms with Gasteiger partial charge in [0, 0.05) is 62.2 Å².